The second kappa shape index (κ2) is 7.11. The normalized spacial score (nSPS) is 19.4. The molecular formula is C14H22N2O4S. The summed E-state index contributed by atoms with van der Waals surface area (Å²) in [5, 5.41) is 0. The lowest BCUT2D eigenvalue weighted by Gasteiger charge is -2.22. The lowest BCUT2D eigenvalue weighted by molar-refractivity contribution is 0.0123. The van der Waals surface area contributed by atoms with Crippen molar-refractivity contribution in [3.8, 4) is 5.75 Å². The van der Waals surface area contributed by atoms with E-state index in [1.54, 1.807) is 0 Å². The average Bonchev–Trinajstić information content (AvgIpc) is 2.48. The largest absolute Gasteiger partial charge is 0.495 e. The van der Waals surface area contributed by atoms with E-state index in [4.69, 9.17) is 15.2 Å². The lowest BCUT2D eigenvalue weighted by atomic mass is 10.1. The third kappa shape index (κ3) is 4.33. The Morgan fingerprint density at radius 3 is 2.90 bits per heavy atom. The van der Waals surface area contributed by atoms with Crippen LogP contribution in [-0.4, -0.2) is 34.8 Å². The van der Waals surface area contributed by atoms with Crippen molar-refractivity contribution in [3.05, 3.63) is 18.2 Å². The SMILES string of the molecule is COc1cc(S(=O)(=O)NCCC2CCCCO2)ccc1N. The molecule has 0 amide bonds. The van der Waals surface area contributed by atoms with Crippen LogP contribution in [0.25, 0.3) is 0 Å². The first-order valence-corrected chi connectivity index (χ1v) is 8.56. The quantitative estimate of drug-likeness (QED) is 0.777. The number of hydrogen-bond donors (Lipinski definition) is 2. The molecule has 0 aliphatic carbocycles. The van der Waals surface area contributed by atoms with Crippen molar-refractivity contribution in [2.75, 3.05) is 26.0 Å². The van der Waals surface area contributed by atoms with Gasteiger partial charge in [-0.05, 0) is 37.8 Å². The molecule has 1 aromatic carbocycles. The number of nitrogen functional groups attached to an aromatic ring is 1. The molecule has 118 valence electrons. The molecule has 1 fully saturated rings. The predicted molar refractivity (Wildman–Crippen MR) is 80.8 cm³/mol. The number of benzene rings is 1. The molecule has 2 rings (SSSR count). The monoisotopic (exact) mass is 314 g/mol. The fraction of sp³-hybridized carbons (Fsp3) is 0.571. The second-order valence-corrected chi connectivity index (χ2v) is 6.85. The summed E-state index contributed by atoms with van der Waals surface area (Å²) >= 11 is 0. The molecule has 21 heavy (non-hydrogen) atoms. The molecule has 1 unspecified atom stereocenters. The minimum atomic E-state index is -3.55. The van der Waals surface area contributed by atoms with Crippen molar-refractivity contribution in [3.63, 3.8) is 0 Å². The minimum absolute atomic E-state index is 0.151. The van der Waals surface area contributed by atoms with E-state index in [1.807, 2.05) is 0 Å². The second-order valence-electron chi connectivity index (χ2n) is 5.08. The number of nitrogens with one attached hydrogen (secondary N) is 1. The van der Waals surface area contributed by atoms with Gasteiger partial charge in [-0.1, -0.05) is 0 Å². The summed E-state index contributed by atoms with van der Waals surface area (Å²) in [6, 6.07) is 4.42. The summed E-state index contributed by atoms with van der Waals surface area (Å²) < 4.78 is 37.6. The molecule has 1 saturated heterocycles. The number of sulfonamides is 1. The highest BCUT2D eigenvalue weighted by molar-refractivity contribution is 7.89. The summed E-state index contributed by atoms with van der Waals surface area (Å²) in [6.07, 6.45) is 4.07. The number of rotatable bonds is 6. The van der Waals surface area contributed by atoms with Gasteiger partial charge < -0.3 is 15.2 Å². The van der Waals surface area contributed by atoms with E-state index >= 15 is 0 Å². The molecule has 0 saturated carbocycles. The van der Waals surface area contributed by atoms with Crippen LogP contribution in [0.1, 0.15) is 25.7 Å². The van der Waals surface area contributed by atoms with Crippen molar-refractivity contribution in [1.29, 1.82) is 0 Å². The van der Waals surface area contributed by atoms with Crippen LogP contribution in [0.3, 0.4) is 0 Å². The third-order valence-electron chi connectivity index (χ3n) is 3.55. The first-order valence-electron chi connectivity index (χ1n) is 7.08. The summed E-state index contributed by atoms with van der Waals surface area (Å²) in [7, 11) is -2.10. The third-order valence-corrected chi connectivity index (χ3v) is 5.01. The molecular weight excluding hydrogens is 292 g/mol. The number of ether oxygens (including phenoxy) is 2. The van der Waals surface area contributed by atoms with Gasteiger partial charge in [0.15, 0.2) is 0 Å². The van der Waals surface area contributed by atoms with Crippen LogP contribution in [-0.2, 0) is 14.8 Å². The summed E-state index contributed by atoms with van der Waals surface area (Å²) in [6.45, 7) is 1.13. The Hall–Kier alpha value is -1.31. The van der Waals surface area contributed by atoms with Gasteiger partial charge in [-0.15, -0.1) is 0 Å². The highest BCUT2D eigenvalue weighted by Crippen LogP contribution is 2.24. The van der Waals surface area contributed by atoms with Crippen molar-refractivity contribution < 1.29 is 17.9 Å². The fourth-order valence-corrected chi connectivity index (χ4v) is 3.39. The molecule has 1 atom stereocenters. The first kappa shape index (κ1) is 16.1. The van der Waals surface area contributed by atoms with Gasteiger partial charge in [0, 0.05) is 19.2 Å². The van der Waals surface area contributed by atoms with E-state index in [0.29, 0.717) is 24.4 Å². The van der Waals surface area contributed by atoms with Crippen LogP contribution in [0.5, 0.6) is 5.75 Å². The van der Waals surface area contributed by atoms with Crippen molar-refractivity contribution >= 4 is 15.7 Å². The maximum atomic E-state index is 12.2. The Morgan fingerprint density at radius 1 is 1.43 bits per heavy atom. The topological polar surface area (TPSA) is 90.7 Å². The average molecular weight is 314 g/mol. The number of anilines is 1. The van der Waals surface area contributed by atoms with Crippen LogP contribution < -0.4 is 15.2 Å². The van der Waals surface area contributed by atoms with Gasteiger partial charge in [0.25, 0.3) is 0 Å². The zero-order chi connectivity index (χ0) is 15.3. The Balaban J connectivity index is 1.94. The maximum absolute atomic E-state index is 12.2. The van der Waals surface area contributed by atoms with Gasteiger partial charge in [-0.3, -0.25) is 0 Å². The van der Waals surface area contributed by atoms with E-state index in [0.717, 1.165) is 25.9 Å². The zero-order valence-corrected chi connectivity index (χ0v) is 13.0. The molecule has 1 aliphatic rings. The van der Waals surface area contributed by atoms with Crippen LogP contribution in [0.2, 0.25) is 0 Å². The van der Waals surface area contributed by atoms with E-state index in [2.05, 4.69) is 4.72 Å². The van der Waals surface area contributed by atoms with E-state index in [1.165, 1.54) is 25.3 Å². The highest BCUT2D eigenvalue weighted by Gasteiger charge is 2.18. The van der Waals surface area contributed by atoms with Gasteiger partial charge >= 0.3 is 0 Å². The standard InChI is InChI=1S/C14H22N2O4S/c1-19-14-10-12(5-6-13(14)15)21(17,18)16-8-7-11-4-2-3-9-20-11/h5-6,10-11,16H,2-4,7-9,15H2,1H3. The van der Waals surface area contributed by atoms with E-state index in [-0.39, 0.29) is 11.0 Å². The van der Waals surface area contributed by atoms with E-state index < -0.39 is 10.0 Å². The zero-order valence-electron chi connectivity index (χ0n) is 12.2. The van der Waals surface area contributed by atoms with Crippen LogP contribution in [0, 0.1) is 0 Å². The molecule has 0 radical (unpaired) electrons. The molecule has 0 spiro atoms. The Labute approximate surface area is 125 Å². The summed E-state index contributed by atoms with van der Waals surface area (Å²) in [5.74, 6) is 0.355. The summed E-state index contributed by atoms with van der Waals surface area (Å²) in [4.78, 5) is 0.151. The Morgan fingerprint density at radius 2 is 2.24 bits per heavy atom. The highest BCUT2D eigenvalue weighted by atomic mass is 32.2. The number of nitrogens with two attached hydrogens (primary N) is 1. The maximum Gasteiger partial charge on any atom is 0.240 e. The predicted octanol–water partition coefficient (Wildman–Crippen LogP) is 1.51. The molecule has 7 heteroatoms. The molecule has 1 aliphatic heterocycles. The van der Waals surface area contributed by atoms with Gasteiger partial charge in [0.2, 0.25) is 10.0 Å². The van der Waals surface area contributed by atoms with Crippen LogP contribution >= 0.6 is 0 Å². The lowest BCUT2D eigenvalue weighted by Crippen LogP contribution is -2.29. The van der Waals surface area contributed by atoms with Gasteiger partial charge in [0.1, 0.15) is 5.75 Å². The van der Waals surface area contributed by atoms with Crippen LogP contribution in [0.4, 0.5) is 5.69 Å². The fourth-order valence-electron chi connectivity index (χ4n) is 2.33. The molecule has 0 bridgehead atoms. The summed E-state index contributed by atoms with van der Waals surface area (Å²) in [5.41, 5.74) is 6.09. The Bertz CT molecular complexity index is 568. The number of hydrogen-bond acceptors (Lipinski definition) is 5. The van der Waals surface area contributed by atoms with E-state index in [9.17, 15) is 8.42 Å². The smallest absolute Gasteiger partial charge is 0.240 e. The number of methoxy groups -OCH3 is 1. The minimum Gasteiger partial charge on any atom is -0.495 e. The molecule has 0 aromatic heterocycles. The van der Waals surface area contributed by atoms with Crippen molar-refractivity contribution in [2.24, 2.45) is 0 Å². The van der Waals surface area contributed by atoms with Gasteiger partial charge in [-0.2, -0.15) is 0 Å². The Kier molecular flexibility index (Phi) is 5.44. The molecule has 3 N–H and O–H groups in total. The molecule has 6 nitrogen and oxygen atoms in total. The van der Waals surface area contributed by atoms with Gasteiger partial charge in [0.05, 0.1) is 23.8 Å². The molecule has 1 heterocycles. The first-order chi connectivity index (χ1) is 10.0. The molecule has 1 aromatic rings. The van der Waals surface area contributed by atoms with Gasteiger partial charge in [-0.25, -0.2) is 13.1 Å². The van der Waals surface area contributed by atoms with Crippen LogP contribution in [0.15, 0.2) is 23.1 Å². The van der Waals surface area contributed by atoms with Crippen molar-refractivity contribution in [2.45, 2.75) is 36.7 Å². The van der Waals surface area contributed by atoms with Crippen molar-refractivity contribution in [1.82, 2.24) is 4.72 Å².